The Morgan fingerprint density at radius 3 is 2.33 bits per heavy atom. The van der Waals surface area contributed by atoms with Crippen molar-refractivity contribution in [1.82, 2.24) is 10.6 Å². The topological polar surface area (TPSA) is 128 Å². The Labute approximate surface area is 148 Å². The van der Waals surface area contributed by atoms with Crippen LogP contribution in [0.1, 0.15) is 20.3 Å². The Hall–Kier alpha value is -1.41. The lowest BCUT2D eigenvalue weighted by molar-refractivity contribution is -0.123. The van der Waals surface area contributed by atoms with Crippen molar-refractivity contribution >= 4 is 41.2 Å². The molecule has 10 heteroatoms. The van der Waals surface area contributed by atoms with Gasteiger partial charge in [0.15, 0.2) is 0 Å². The molecule has 1 rings (SSSR count). The first-order valence-electron chi connectivity index (χ1n) is 7.27. The molecule has 1 aromatic rings. The lowest BCUT2D eigenvalue weighted by Gasteiger charge is -2.23. The summed E-state index contributed by atoms with van der Waals surface area (Å²) in [6.07, 6.45) is -0.165. The van der Waals surface area contributed by atoms with E-state index in [0.717, 1.165) is 4.47 Å². The zero-order valence-electron chi connectivity index (χ0n) is 13.3. The molecule has 3 amide bonds. The third kappa shape index (κ3) is 7.44. The van der Waals surface area contributed by atoms with E-state index in [0.29, 0.717) is 12.1 Å². The minimum Gasteiger partial charge on any atom is -0.343 e. The number of benzene rings is 1. The predicted molar refractivity (Wildman–Crippen MR) is 94.6 cm³/mol. The molecule has 0 aliphatic carbocycles. The lowest BCUT2D eigenvalue weighted by Crippen LogP contribution is -2.51. The van der Waals surface area contributed by atoms with E-state index >= 15 is 0 Å². The summed E-state index contributed by atoms with van der Waals surface area (Å²) in [6.45, 7) is 3.61. The molecule has 0 aromatic heterocycles. The normalized spacial score (nSPS) is 13.7. The maximum absolute atomic E-state index is 12.1. The van der Waals surface area contributed by atoms with Crippen molar-refractivity contribution in [1.29, 1.82) is 0 Å². The highest BCUT2D eigenvalue weighted by atomic mass is 79.9. The van der Waals surface area contributed by atoms with Gasteiger partial charge in [-0.2, -0.15) is 0 Å². The van der Waals surface area contributed by atoms with Crippen LogP contribution in [0.5, 0.6) is 0 Å². The SMILES string of the molecule is CCC(C)C(NC(=O)Nc1ccc(Br)cc1)C(=O)NCP(=O)(O)O. The molecule has 8 nitrogen and oxygen atoms in total. The van der Waals surface area contributed by atoms with Crippen LogP contribution in [0.2, 0.25) is 0 Å². The quantitative estimate of drug-likeness (QED) is 0.431. The Morgan fingerprint density at radius 1 is 1.25 bits per heavy atom. The molecule has 24 heavy (non-hydrogen) atoms. The van der Waals surface area contributed by atoms with Crippen LogP contribution in [0.3, 0.4) is 0 Å². The number of carbonyl (C=O) groups is 2. The van der Waals surface area contributed by atoms with Gasteiger partial charge in [0, 0.05) is 10.2 Å². The van der Waals surface area contributed by atoms with Gasteiger partial charge in [-0.3, -0.25) is 9.36 Å². The summed E-state index contributed by atoms with van der Waals surface area (Å²) in [5, 5.41) is 7.31. The molecule has 2 atom stereocenters. The molecule has 0 bridgehead atoms. The van der Waals surface area contributed by atoms with Crippen molar-refractivity contribution < 1.29 is 23.9 Å². The van der Waals surface area contributed by atoms with E-state index in [2.05, 4.69) is 31.9 Å². The monoisotopic (exact) mass is 421 g/mol. The molecule has 0 heterocycles. The van der Waals surface area contributed by atoms with Gasteiger partial charge >= 0.3 is 13.6 Å². The van der Waals surface area contributed by atoms with Crippen molar-refractivity contribution in [3.63, 3.8) is 0 Å². The Balaban J connectivity index is 2.70. The van der Waals surface area contributed by atoms with Gasteiger partial charge in [-0.1, -0.05) is 36.2 Å². The molecule has 0 spiro atoms. The van der Waals surface area contributed by atoms with Crippen molar-refractivity contribution in [2.45, 2.75) is 26.3 Å². The van der Waals surface area contributed by atoms with Crippen LogP contribution in [-0.4, -0.2) is 34.1 Å². The first-order valence-corrected chi connectivity index (χ1v) is 9.86. The number of carbonyl (C=O) groups excluding carboxylic acids is 2. The lowest BCUT2D eigenvalue weighted by atomic mass is 9.98. The maximum Gasteiger partial charge on any atom is 0.344 e. The highest BCUT2D eigenvalue weighted by Gasteiger charge is 2.27. The highest BCUT2D eigenvalue weighted by Crippen LogP contribution is 2.32. The fourth-order valence-corrected chi connectivity index (χ4v) is 2.46. The zero-order valence-corrected chi connectivity index (χ0v) is 15.8. The van der Waals surface area contributed by atoms with Crippen LogP contribution < -0.4 is 16.0 Å². The fourth-order valence-electron chi connectivity index (χ4n) is 1.83. The van der Waals surface area contributed by atoms with Gasteiger partial charge in [-0.05, 0) is 30.2 Å². The number of urea groups is 1. The molecule has 134 valence electrons. The van der Waals surface area contributed by atoms with E-state index < -0.39 is 31.9 Å². The van der Waals surface area contributed by atoms with E-state index in [1.807, 2.05) is 6.92 Å². The smallest absolute Gasteiger partial charge is 0.343 e. The Bertz CT molecular complexity index is 619. The third-order valence-electron chi connectivity index (χ3n) is 3.34. The minimum atomic E-state index is -4.36. The van der Waals surface area contributed by atoms with Gasteiger partial charge in [-0.25, -0.2) is 4.79 Å². The minimum absolute atomic E-state index is 0.211. The van der Waals surface area contributed by atoms with E-state index in [1.165, 1.54) is 0 Å². The van der Waals surface area contributed by atoms with Crippen molar-refractivity contribution in [3.8, 4) is 0 Å². The number of rotatable bonds is 7. The second-order valence-corrected chi connectivity index (χ2v) is 7.89. The molecular formula is C14H21BrN3O5P. The molecule has 0 saturated heterocycles. The van der Waals surface area contributed by atoms with Crippen LogP contribution in [0.15, 0.2) is 28.7 Å². The van der Waals surface area contributed by atoms with Crippen molar-refractivity contribution in [3.05, 3.63) is 28.7 Å². The molecular weight excluding hydrogens is 401 g/mol. The largest absolute Gasteiger partial charge is 0.344 e. The van der Waals surface area contributed by atoms with Gasteiger partial charge < -0.3 is 25.7 Å². The second-order valence-electron chi connectivity index (χ2n) is 5.33. The maximum atomic E-state index is 12.1. The molecule has 0 radical (unpaired) electrons. The van der Waals surface area contributed by atoms with E-state index in [-0.39, 0.29) is 5.92 Å². The highest BCUT2D eigenvalue weighted by molar-refractivity contribution is 9.10. The number of amides is 3. The number of hydrogen-bond donors (Lipinski definition) is 5. The second kappa shape index (κ2) is 9.17. The molecule has 0 fully saturated rings. The summed E-state index contributed by atoms with van der Waals surface area (Å²) >= 11 is 3.29. The van der Waals surface area contributed by atoms with Crippen LogP contribution in [-0.2, 0) is 9.36 Å². The average molecular weight is 422 g/mol. The van der Waals surface area contributed by atoms with E-state index in [1.54, 1.807) is 31.2 Å². The summed E-state index contributed by atoms with van der Waals surface area (Å²) in [7, 11) is -4.36. The molecule has 0 saturated carbocycles. The summed E-state index contributed by atoms with van der Waals surface area (Å²) < 4.78 is 11.7. The fraction of sp³-hybridized carbons (Fsp3) is 0.429. The number of nitrogens with one attached hydrogen (secondary N) is 3. The van der Waals surface area contributed by atoms with Gasteiger partial charge in [0.25, 0.3) is 0 Å². The first-order chi connectivity index (χ1) is 11.1. The zero-order chi connectivity index (χ0) is 18.3. The van der Waals surface area contributed by atoms with E-state index in [4.69, 9.17) is 9.79 Å². The number of hydrogen-bond acceptors (Lipinski definition) is 3. The molecule has 0 aliphatic heterocycles. The van der Waals surface area contributed by atoms with Gasteiger partial charge in [0.1, 0.15) is 12.3 Å². The molecule has 1 aromatic carbocycles. The molecule has 2 unspecified atom stereocenters. The summed E-state index contributed by atoms with van der Waals surface area (Å²) in [4.78, 5) is 41.9. The van der Waals surface area contributed by atoms with E-state index in [9.17, 15) is 14.2 Å². The standard InChI is InChI=1S/C14H21BrN3O5P/c1-3-9(2)12(13(19)16-8-24(21,22)23)18-14(20)17-11-6-4-10(15)5-7-11/h4-7,9,12H,3,8H2,1-2H3,(H,16,19)(H2,17,18,20)(H2,21,22,23). The predicted octanol–water partition coefficient (Wildman–Crippen LogP) is 2.24. The average Bonchev–Trinajstić information content (AvgIpc) is 2.51. The van der Waals surface area contributed by atoms with Crippen LogP contribution in [0.4, 0.5) is 10.5 Å². The summed E-state index contributed by atoms with van der Waals surface area (Å²) in [5.74, 6) is -0.851. The van der Waals surface area contributed by atoms with Gasteiger partial charge in [-0.15, -0.1) is 0 Å². The molecule has 0 aliphatic rings. The van der Waals surface area contributed by atoms with Crippen LogP contribution in [0, 0.1) is 5.92 Å². The number of anilines is 1. The summed E-state index contributed by atoms with van der Waals surface area (Å²) in [6, 6.07) is 5.42. The summed E-state index contributed by atoms with van der Waals surface area (Å²) in [5.41, 5.74) is 0.550. The first kappa shape index (κ1) is 20.6. The molecule has 5 N–H and O–H groups in total. The van der Waals surface area contributed by atoms with Crippen molar-refractivity contribution in [2.75, 3.05) is 11.6 Å². The van der Waals surface area contributed by atoms with Gasteiger partial charge in [0.05, 0.1) is 0 Å². The Morgan fingerprint density at radius 2 is 1.83 bits per heavy atom. The number of halogens is 1. The van der Waals surface area contributed by atoms with Gasteiger partial charge in [0.2, 0.25) is 5.91 Å². The van der Waals surface area contributed by atoms with Crippen LogP contribution in [0.25, 0.3) is 0 Å². The van der Waals surface area contributed by atoms with Crippen LogP contribution >= 0.6 is 23.5 Å². The third-order valence-corrected chi connectivity index (χ3v) is 4.44. The Kier molecular flexibility index (Phi) is 7.89. The van der Waals surface area contributed by atoms with Crippen molar-refractivity contribution in [2.24, 2.45) is 5.92 Å².